The number of hydrogen-bond donors (Lipinski definition) is 3. The first-order valence-electron chi connectivity index (χ1n) is 6.28. The number of carbonyl (C=O) groups excluding carboxylic acids is 1. The quantitative estimate of drug-likeness (QED) is 0.460. The summed E-state index contributed by atoms with van der Waals surface area (Å²) in [5, 5.41) is 3.89. The van der Waals surface area contributed by atoms with Gasteiger partial charge in [0.2, 0.25) is 0 Å². The summed E-state index contributed by atoms with van der Waals surface area (Å²) in [4.78, 5) is 12.8. The van der Waals surface area contributed by atoms with E-state index in [1.165, 1.54) is 0 Å². The lowest BCUT2D eigenvalue weighted by atomic mass is 10.1. The monoisotopic (exact) mass is 300 g/mol. The van der Waals surface area contributed by atoms with Crippen molar-refractivity contribution in [3.05, 3.63) is 54.1 Å². The van der Waals surface area contributed by atoms with Crippen LogP contribution in [0.2, 0.25) is 0 Å². The molecule has 0 aliphatic rings. The fourth-order valence-electron chi connectivity index (χ4n) is 1.64. The van der Waals surface area contributed by atoms with Crippen LogP contribution in [0.25, 0.3) is 0 Å². The molecule has 0 radical (unpaired) electrons. The second kappa shape index (κ2) is 6.81. The number of rotatable bonds is 4. The van der Waals surface area contributed by atoms with Crippen LogP contribution in [0.1, 0.15) is 12.5 Å². The van der Waals surface area contributed by atoms with E-state index in [1.807, 2.05) is 48.5 Å². The van der Waals surface area contributed by atoms with Crippen LogP contribution in [0.4, 0.5) is 10.5 Å². The molecule has 108 valence electrons. The van der Waals surface area contributed by atoms with Crippen LogP contribution in [0.5, 0.6) is 0 Å². The van der Waals surface area contributed by atoms with E-state index in [0.29, 0.717) is 5.71 Å². The Morgan fingerprint density at radius 2 is 1.57 bits per heavy atom. The van der Waals surface area contributed by atoms with Crippen molar-refractivity contribution in [2.45, 2.75) is 16.7 Å². The molecule has 21 heavy (non-hydrogen) atoms. The molecule has 0 aliphatic carbocycles. The summed E-state index contributed by atoms with van der Waals surface area (Å²) in [5.41, 5.74) is 15.2. The summed E-state index contributed by atoms with van der Waals surface area (Å²) in [6.45, 7) is 1.80. The summed E-state index contributed by atoms with van der Waals surface area (Å²) >= 11 is 1.65. The number of nitrogens with two attached hydrogens (primary N) is 2. The van der Waals surface area contributed by atoms with Gasteiger partial charge in [-0.3, -0.25) is 0 Å². The lowest BCUT2D eigenvalue weighted by Crippen LogP contribution is -2.25. The van der Waals surface area contributed by atoms with Crippen LogP contribution >= 0.6 is 11.8 Å². The normalized spacial score (nSPS) is 11.2. The lowest BCUT2D eigenvalue weighted by Gasteiger charge is -2.05. The van der Waals surface area contributed by atoms with Crippen molar-refractivity contribution >= 4 is 29.2 Å². The molecule has 2 rings (SSSR count). The maximum atomic E-state index is 10.6. The minimum Gasteiger partial charge on any atom is -0.399 e. The van der Waals surface area contributed by atoms with Gasteiger partial charge in [0.25, 0.3) is 0 Å². The van der Waals surface area contributed by atoms with Crippen molar-refractivity contribution in [2.75, 3.05) is 5.73 Å². The van der Waals surface area contributed by atoms with Gasteiger partial charge < -0.3 is 11.5 Å². The number of nitrogens with one attached hydrogen (secondary N) is 1. The molecule has 5 N–H and O–H groups in total. The lowest BCUT2D eigenvalue weighted by molar-refractivity contribution is 0.249. The number of hydrazone groups is 1. The summed E-state index contributed by atoms with van der Waals surface area (Å²) in [6, 6.07) is 14.9. The molecule has 0 bridgehead atoms. The van der Waals surface area contributed by atoms with Gasteiger partial charge in [0.05, 0.1) is 5.71 Å². The number of nitrogen functional groups attached to an aromatic ring is 1. The Labute approximate surface area is 127 Å². The summed E-state index contributed by atoms with van der Waals surface area (Å²) in [6.07, 6.45) is 0. The Bertz CT molecular complexity index is 650. The number of anilines is 1. The van der Waals surface area contributed by atoms with Gasteiger partial charge in [-0.25, -0.2) is 10.2 Å². The van der Waals surface area contributed by atoms with E-state index < -0.39 is 6.03 Å². The molecule has 0 atom stereocenters. The average Bonchev–Trinajstić information content (AvgIpc) is 2.48. The molecule has 0 aliphatic heterocycles. The number of primary amides is 1. The molecule has 0 aromatic heterocycles. The van der Waals surface area contributed by atoms with E-state index in [-0.39, 0.29) is 0 Å². The van der Waals surface area contributed by atoms with E-state index in [4.69, 9.17) is 11.5 Å². The Balaban J connectivity index is 2.06. The number of hydrogen-bond acceptors (Lipinski definition) is 4. The van der Waals surface area contributed by atoms with Gasteiger partial charge in [0.1, 0.15) is 0 Å². The van der Waals surface area contributed by atoms with Crippen molar-refractivity contribution < 1.29 is 4.79 Å². The number of nitrogens with zero attached hydrogens (tertiary/aromatic N) is 1. The van der Waals surface area contributed by atoms with E-state index in [9.17, 15) is 4.79 Å². The maximum absolute atomic E-state index is 10.6. The van der Waals surface area contributed by atoms with Crippen LogP contribution < -0.4 is 16.9 Å². The third-order valence-corrected chi connectivity index (χ3v) is 3.74. The largest absolute Gasteiger partial charge is 0.399 e. The molecule has 0 saturated heterocycles. The highest BCUT2D eigenvalue weighted by molar-refractivity contribution is 7.99. The van der Waals surface area contributed by atoms with Crippen LogP contribution in [-0.4, -0.2) is 11.7 Å². The highest BCUT2D eigenvalue weighted by Gasteiger charge is 2.01. The molecule has 0 saturated carbocycles. The topological polar surface area (TPSA) is 93.5 Å². The highest BCUT2D eigenvalue weighted by Crippen LogP contribution is 2.28. The smallest absolute Gasteiger partial charge is 0.332 e. The fraction of sp³-hybridized carbons (Fsp3) is 0.0667. The van der Waals surface area contributed by atoms with Crippen LogP contribution in [-0.2, 0) is 0 Å². The summed E-state index contributed by atoms with van der Waals surface area (Å²) in [7, 11) is 0. The zero-order chi connectivity index (χ0) is 15.2. The van der Waals surface area contributed by atoms with Gasteiger partial charge in [-0.2, -0.15) is 5.10 Å². The number of amides is 2. The first-order chi connectivity index (χ1) is 10.0. The standard InChI is InChI=1S/C15H16N4OS/c1-10(18-19-15(17)20)11-2-6-13(7-3-11)21-14-8-4-12(16)5-9-14/h2-9H,16H2,1H3,(H3,17,19,20). The Morgan fingerprint density at radius 1 is 1.05 bits per heavy atom. The minimum absolute atomic E-state index is 0.676. The van der Waals surface area contributed by atoms with Gasteiger partial charge in [-0.15, -0.1) is 0 Å². The first kappa shape index (κ1) is 14.9. The van der Waals surface area contributed by atoms with Crippen molar-refractivity contribution in [1.82, 2.24) is 5.43 Å². The van der Waals surface area contributed by atoms with Crippen LogP contribution in [0.3, 0.4) is 0 Å². The van der Waals surface area contributed by atoms with Crippen molar-refractivity contribution in [1.29, 1.82) is 0 Å². The van der Waals surface area contributed by atoms with Crippen molar-refractivity contribution in [3.8, 4) is 0 Å². The second-order valence-corrected chi connectivity index (χ2v) is 5.52. The van der Waals surface area contributed by atoms with Gasteiger partial charge >= 0.3 is 6.03 Å². The molecule has 0 heterocycles. The highest BCUT2D eigenvalue weighted by atomic mass is 32.2. The number of carbonyl (C=O) groups is 1. The third kappa shape index (κ3) is 4.54. The van der Waals surface area contributed by atoms with Gasteiger partial charge in [0.15, 0.2) is 0 Å². The Kier molecular flexibility index (Phi) is 4.84. The maximum Gasteiger partial charge on any atom is 0.332 e. The molecule has 2 aromatic carbocycles. The number of benzene rings is 2. The number of urea groups is 1. The molecule has 2 aromatic rings. The second-order valence-electron chi connectivity index (χ2n) is 4.37. The molecule has 0 fully saturated rings. The van der Waals surface area contributed by atoms with Crippen molar-refractivity contribution in [3.63, 3.8) is 0 Å². The van der Waals surface area contributed by atoms with Crippen LogP contribution in [0, 0.1) is 0 Å². The van der Waals surface area contributed by atoms with E-state index >= 15 is 0 Å². The van der Waals surface area contributed by atoms with Gasteiger partial charge in [-0.05, 0) is 48.9 Å². The Morgan fingerprint density at radius 3 is 2.10 bits per heavy atom. The summed E-state index contributed by atoms with van der Waals surface area (Å²) in [5.74, 6) is 0. The fourth-order valence-corrected chi connectivity index (χ4v) is 2.46. The molecule has 2 amide bonds. The van der Waals surface area contributed by atoms with E-state index in [0.717, 1.165) is 21.0 Å². The minimum atomic E-state index is -0.676. The molecular formula is C15H16N4OS. The Hall–Kier alpha value is -2.47. The first-order valence-corrected chi connectivity index (χ1v) is 7.10. The SMILES string of the molecule is CC(=NNC(N)=O)c1ccc(Sc2ccc(N)cc2)cc1. The zero-order valence-corrected chi connectivity index (χ0v) is 12.4. The van der Waals surface area contributed by atoms with Gasteiger partial charge in [-0.1, -0.05) is 23.9 Å². The summed E-state index contributed by atoms with van der Waals surface area (Å²) < 4.78 is 0. The molecular weight excluding hydrogens is 284 g/mol. The van der Waals surface area contributed by atoms with E-state index in [1.54, 1.807) is 18.7 Å². The van der Waals surface area contributed by atoms with Crippen molar-refractivity contribution in [2.24, 2.45) is 10.8 Å². The zero-order valence-electron chi connectivity index (χ0n) is 11.5. The molecule has 0 spiro atoms. The van der Waals surface area contributed by atoms with E-state index in [2.05, 4.69) is 10.5 Å². The molecule has 0 unspecified atom stereocenters. The predicted octanol–water partition coefficient (Wildman–Crippen LogP) is 2.81. The molecule has 5 nitrogen and oxygen atoms in total. The third-order valence-electron chi connectivity index (χ3n) is 2.72. The van der Waals surface area contributed by atoms with Gasteiger partial charge in [0, 0.05) is 15.5 Å². The average molecular weight is 300 g/mol. The van der Waals surface area contributed by atoms with Crippen LogP contribution in [0.15, 0.2) is 63.4 Å². The molecule has 6 heteroatoms. The predicted molar refractivity (Wildman–Crippen MR) is 86.3 cm³/mol.